The molecule has 4 nitrogen and oxygen atoms in total. The minimum atomic E-state index is -0.410. The van der Waals surface area contributed by atoms with Gasteiger partial charge < -0.3 is 5.32 Å². The van der Waals surface area contributed by atoms with E-state index in [-0.39, 0.29) is 23.1 Å². The lowest BCUT2D eigenvalue weighted by atomic mass is 9.98. The molecule has 2 atom stereocenters. The number of halogens is 1. The molecule has 30 heavy (non-hydrogen) atoms. The Kier molecular flexibility index (Phi) is 7.53. The minimum Gasteiger partial charge on any atom is -0.326 e. The molecule has 0 saturated carbocycles. The third-order valence-electron chi connectivity index (χ3n) is 5.44. The van der Waals surface area contributed by atoms with E-state index in [0.717, 1.165) is 36.8 Å². The molecule has 1 heterocycles. The lowest BCUT2D eigenvalue weighted by Gasteiger charge is -2.25. The Bertz CT molecular complexity index is 918. The fourth-order valence-electron chi connectivity index (χ4n) is 3.72. The van der Waals surface area contributed by atoms with Crippen molar-refractivity contribution in [1.29, 1.82) is 0 Å². The van der Waals surface area contributed by atoms with Crippen molar-refractivity contribution in [2.75, 3.05) is 16.0 Å². The van der Waals surface area contributed by atoms with Crippen LogP contribution in [0.2, 0.25) is 0 Å². The maximum Gasteiger partial charge on any atom is 0.238 e. The molecule has 3 rings (SSSR count). The van der Waals surface area contributed by atoms with Crippen LogP contribution in [0, 0.1) is 18.7 Å². The van der Waals surface area contributed by atoms with E-state index < -0.39 is 5.82 Å². The average molecular weight is 429 g/mol. The van der Waals surface area contributed by atoms with Crippen LogP contribution < -0.4 is 10.2 Å². The summed E-state index contributed by atoms with van der Waals surface area (Å²) >= 11 is 1.47. The number of benzene rings is 2. The Morgan fingerprint density at radius 3 is 2.80 bits per heavy atom. The summed E-state index contributed by atoms with van der Waals surface area (Å²) in [6, 6.07) is 12.3. The Hall–Kier alpha value is -2.34. The molecule has 1 saturated heterocycles. The van der Waals surface area contributed by atoms with Crippen molar-refractivity contribution in [2.45, 2.75) is 51.8 Å². The van der Waals surface area contributed by atoms with Gasteiger partial charge in [-0.1, -0.05) is 44.9 Å². The van der Waals surface area contributed by atoms with Gasteiger partial charge >= 0.3 is 0 Å². The number of hydrogen-bond acceptors (Lipinski definition) is 3. The first-order chi connectivity index (χ1) is 14.4. The van der Waals surface area contributed by atoms with Crippen LogP contribution in [0.1, 0.15) is 56.0 Å². The van der Waals surface area contributed by atoms with Crippen LogP contribution >= 0.6 is 11.8 Å². The first kappa shape index (κ1) is 22.3. The van der Waals surface area contributed by atoms with Crippen LogP contribution in [0.3, 0.4) is 0 Å². The highest BCUT2D eigenvalue weighted by atomic mass is 32.2. The molecular weight excluding hydrogens is 399 g/mol. The summed E-state index contributed by atoms with van der Waals surface area (Å²) in [7, 11) is 0. The van der Waals surface area contributed by atoms with Gasteiger partial charge in [-0.15, -0.1) is 11.8 Å². The molecule has 0 aromatic heterocycles. The van der Waals surface area contributed by atoms with Gasteiger partial charge in [0.25, 0.3) is 0 Å². The van der Waals surface area contributed by atoms with Crippen molar-refractivity contribution < 1.29 is 14.0 Å². The number of nitrogens with zero attached hydrogens (tertiary/aromatic N) is 1. The number of carbonyl (C=O) groups excluding carboxylic acids is 2. The fourth-order valence-corrected chi connectivity index (χ4v) is 4.88. The summed E-state index contributed by atoms with van der Waals surface area (Å²) in [4.78, 5) is 26.8. The Morgan fingerprint density at radius 1 is 1.27 bits per heavy atom. The SMILES string of the molecule is CCCC[C@H](CC)C(=O)Nc1cccc([C@@H]2SCC(=O)N2c2cc(C)ccc2F)c1. The van der Waals surface area contributed by atoms with E-state index in [2.05, 4.69) is 12.2 Å². The third-order valence-corrected chi connectivity index (χ3v) is 6.65. The molecule has 0 radical (unpaired) electrons. The van der Waals surface area contributed by atoms with Gasteiger partial charge in [0.2, 0.25) is 11.8 Å². The fraction of sp³-hybridized carbons (Fsp3) is 0.417. The van der Waals surface area contributed by atoms with Gasteiger partial charge in [-0.25, -0.2) is 4.39 Å². The largest absolute Gasteiger partial charge is 0.326 e. The van der Waals surface area contributed by atoms with Crippen LogP contribution in [-0.2, 0) is 9.59 Å². The monoisotopic (exact) mass is 428 g/mol. The van der Waals surface area contributed by atoms with E-state index in [1.54, 1.807) is 12.1 Å². The van der Waals surface area contributed by atoms with Gasteiger partial charge in [0, 0.05) is 11.6 Å². The molecule has 2 aromatic rings. The highest BCUT2D eigenvalue weighted by Gasteiger charge is 2.35. The zero-order valence-electron chi connectivity index (χ0n) is 17.8. The van der Waals surface area contributed by atoms with Gasteiger partial charge in [-0.05, 0) is 55.2 Å². The van der Waals surface area contributed by atoms with Crippen molar-refractivity contribution in [3.63, 3.8) is 0 Å². The second-order valence-corrected chi connectivity index (χ2v) is 8.81. The molecule has 1 N–H and O–H groups in total. The number of amides is 2. The van der Waals surface area contributed by atoms with E-state index in [1.807, 2.05) is 38.1 Å². The van der Waals surface area contributed by atoms with Crippen molar-refractivity contribution in [3.8, 4) is 0 Å². The lowest BCUT2D eigenvalue weighted by Crippen LogP contribution is -2.29. The molecule has 1 fully saturated rings. The van der Waals surface area contributed by atoms with Gasteiger partial charge in [0.05, 0.1) is 11.4 Å². The van der Waals surface area contributed by atoms with E-state index in [1.165, 1.54) is 22.7 Å². The minimum absolute atomic E-state index is 0.00562. The molecule has 0 bridgehead atoms. The van der Waals surface area contributed by atoms with Crippen LogP contribution in [0.5, 0.6) is 0 Å². The van der Waals surface area contributed by atoms with Gasteiger partial charge in [0.15, 0.2) is 0 Å². The highest BCUT2D eigenvalue weighted by Crippen LogP contribution is 2.43. The van der Waals surface area contributed by atoms with E-state index in [9.17, 15) is 14.0 Å². The molecule has 160 valence electrons. The highest BCUT2D eigenvalue weighted by molar-refractivity contribution is 8.00. The topological polar surface area (TPSA) is 49.4 Å². The summed E-state index contributed by atoms with van der Waals surface area (Å²) in [6.07, 6.45) is 3.78. The van der Waals surface area contributed by atoms with Crippen LogP contribution in [0.15, 0.2) is 42.5 Å². The number of carbonyl (C=O) groups is 2. The summed E-state index contributed by atoms with van der Waals surface area (Å²) in [6.45, 7) is 6.04. The van der Waals surface area contributed by atoms with Crippen molar-refractivity contribution in [2.24, 2.45) is 5.92 Å². The first-order valence-corrected chi connectivity index (χ1v) is 11.6. The number of nitrogens with one attached hydrogen (secondary N) is 1. The zero-order valence-corrected chi connectivity index (χ0v) is 18.6. The summed E-state index contributed by atoms with van der Waals surface area (Å²) in [5.41, 5.74) is 2.77. The normalized spacial score (nSPS) is 17.3. The summed E-state index contributed by atoms with van der Waals surface area (Å²) in [5.74, 6) is -0.209. The predicted octanol–water partition coefficient (Wildman–Crippen LogP) is 6.07. The maximum atomic E-state index is 14.5. The van der Waals surface area contributed by atoms with Gasteiger partial charge in [-0.2, -0.15) is 0 Å². The quantitative estimate of drug-likeness (QED) is 0.555. The van der Waals surface area contributed by atoms with Crippen LogP contribution in [0.4, 0.5) is 15.8 Å². The first-order valence-electron chi connectivity index (χ1n) is 10.5. The lowest BCUT2D eigenvalue weighted by molar-refractivity contribution is -0.120. The zero-order chi connectivity index (χ0) is 21.7. The standard InChI is InChI=1S/C24H29FN2O2S/c1-4-6-8-17(5-2)23(29)26-19-10-7-9-18(14-19)24-27(22(28)15-30-24)21-13-16(3)11-12-20(21)25/h7,9-14,17,24H,4-6,8,15H2,1-3H3,(H,26,29)/t17-,24-/m0/s1. The molecule has 0 spiro atoms. The van der Waals surface area contributed by atoms with Gasteiger partial charge in [-0.3, -0.25) is 14.5 Å². The second kappa shape index (κ2) is 10.1. The summed E-state index contributed by atoms with van der Waals surface area (Å²) in [5, 5.41) is 2.70. The van der Waals surface area contributed by atoms with E-state index in [0.29, 0.717) is 17.1 Å². The average Bonchev–Trinajstić information content (AvgIpc) is 3.12. The molecular formula is C24H29FN2O2S. The molecule has 1 aliphatic rings. The van der Waals surface area contributed by atoms with Crippen LogP contribution in [0.25, 0.3) is 0 Å². The second-order valence-electron chi connectivity index (χ2n) is 7.74. The molecule has 0 aliphatic carbocycles. The van der Waals surface area contributed by atoms with E-state index in [4.69, 9.17) is 0 Å². The molecule has 6 heteroatoms. The predicted molar refractivity (Wildman–Crippen MR) is 122 cm³/mol. The van der Waals surface area contributed by atoms with Crippen molar-refractivity contribution in [3.05, 3.63) is 59.4 Å². The number of unbranched alkanes of at least 4 members (excludes halogenated alkanes) is 1. The maximum absolute atomic E-state index is 14.5. The van der Waals surface area contributed by atoms with Crippen molar-refractivity contribution >= 4 is 35.0 Å². The molecule has 1 aliphatic heterocycles. The molecule has 2 aromatic carbocycles. The molecule has 2 amide bonds. The third kappa shape index (κ3) is 5.04. The number of hydrogen-bond donors (Lipinski definition) is 1. The Morgan fingerprint density at radius 2 is 2.07 bits per heavy atom. The smallest absolute Gasteiger partial charge is 0.238 e. The molecule has 0 unspecified atom stereocenters. The number of rotatable bonds is 8. The number of anilines is 2. The Balaban J connectivity index is 1.83. The summed E-state index contributed by atoms with van der Waals surface area (Å²) < 4.78 is 14.5. The van der Waals surface area contributed by atoms with Crippen LogP contribution in [-0.4, -0.2) is 17.6 Å². The van der Waals surface area contributed by atoms with Crippen molar-refractivity contribution in [1.82, 2.24) is 0 Å². The Labute approximate surface area is 182 Å². The number of thioether (sulfide) groups is 1. The van der Waals surface area contributed by atoms with E-state index >= 15 is 0 Å². The van der Waals surface area contributed by atoms with Gasteiger partial charge in [0.1, 0.15) is 11.2 Å². The number of aryl methyl sites for hydroxylation is 1.